The molecule has 0 radical (unpaired) electrons. The zero-order valence-electron chi connectivity index (χ0n) is 9.57. The van der Waals surface area contributed by atoms with Gasteiger partial charge in [-0.15, -0.1) is 11.3 Å². The van der Waals surface area contributed by atoms with Crippen molar-refractivity contribution in [1.29, 1.82) is 0 Å². The van der Waals surface area contributed by atoms with Gasteiger partial charge in [-0.25, -0.2) is 4.39 Å². The lowest BCUT2D eigenvalue weighted by atomic mass is 9.98. The van der Waals surface area contributed by atoms with E-state index < -0.39 is 6.10 Å². The minimum Gasteiger partial charge on any atom is -0.484 e. The van der Waals surface area contributed by atoms with Gasteiger partial charge in [-0.05, 0) is 34.1 Å². The molecule has 3 rings (SSSR count). The number of benzene rings is 1. The van der Waals surface area contributed by atoms with E-state index in [2.05, 4.69) is 15.9 Å². The van der Waals surface area contributed by atoms with E-state index in [0.29, 0.717) is 22.1 Å². The normalized spacial score (nSPS) is 21.9. The molecule has 2 nitrogen and oxygen atoms in total. The third-order valence-corrected chi connectivity index (χ3v) is 5.59. The van der Waals surface area contributed by atoms with Crippen LogP contribution in [-0.4, -0.2) is 5.11 Å². The fourth-order valence-corrected chi connectivity index (χ4v) is 3.89. The second-order valence-electron chi connectivity index (χ2n) is 4.31. The summed E-state index contributed by atoms with van der Waals surface area (Å²) < 4.78 is 20.4. The minimum atomic E-state index is -0.658. The van der Waals surface area contributed by atoms with E-state index in [4.69, 9.17) is 16.3 Å². The van der Waals surface area contributed by atoms with Crippen LogP contribution in [0.25, 0.3) is 0 Å². The second-order valence-corrected chi connectivity index (χ2v) is 6.85. The van der Waals surface area contributed by atoms with Crippen LogP contribution in [0.2, 0.25) is 4.34 Å². The van der Waals surface area contributed by atoms with Gasteiger partial charge in [-0.1, -0.05) is 11.6 Å². The van der Waals surface area contributed by atoms with Crippen molar-refractivity contribution in [1.82, 2.24) is 0 Å². The van der Waals surface area contributed by atoms with E-state index in [0.717, 1.165) is 9.35 Å². The second kappa shape index (κ2) is 5.05. The predicted octanol–water partition coefficient (Wildman–Crippen LogP) is 4.86. The summed E-state index contributed by atoms with van der Waals surface area (Å²) in [6.45, 7) is 0. The molecule has 1 aromatic heterocycles. The van der Waals surface area contributed by atoms with Gasteiger partial charge in [0, 0.05) is 27.4 Å². The first kappa shape index (κ1) is 13.4. The molecule has 1 aliphatic heterocycles. The Morgan fingerprint density at radius 1 is 1.42 bits per heavy atom. The number of hydrogen-bond acceptors (Lipinski definition) is 3. The number of thiophene rings is 1. The monoisotopic (exact) mass is 362 g/mol. The number of aliphatic hydroxyl groups excluding tert-OH is 1. The summed E-state index contributed by atoms with van der Waals surface area (Å²) in [5.74, 6) is 0.0152. The largest absolute Gasteiger partial charge is 0.484 e. The molecule has 0 spiro atoms. The van der Waals surface area contributed by atoms with Crippen molar-refractivity contribution in [3.05, 3.63) is 49.3 Å². The summed E-state index contributed by atoms with van der Waals surface area (Å²) in [7, 11) is 0. The highest BCUT2D eigenvalue weighted by Crippen LogP contribution is 2.44. The highest BCUT2D eigenvalue weighted by atomic mass is 79.9. The highest BCUT2D eigenvalue weighted by Gasteiger charge is 2.29. The topological polar surface area (TPSA) is 29.5 Å². The fraction of sp³-hybridized carbons (Fsp3) is 0.231. The van der Waals surface area contributed by atoms with Gasteiger partial charge in [0.25, 0.3) is 0 Å². The van der Waals surface area contributed by atoms with Gasteiger partial charge in [-0.2, -0.15) is 0 Å². The lowest BCUT2D eigenvalue weighted by Crippen LogP contribution is -2.18. The molecule has 0 saturated heterocycles. The maximum atomic E-state index is 13.2. The lowest BCUT2D eigenvalue weighted by Gasteiger charge is -2.29. The third kappa shape index (κ3) is 2.52. The standard InChI is InChI=1S/C13H9BrClFO2S/c14-8-4-12(19-13(8)15)11-5-9(17)7-2-1-6(16)3-10(7)18-11/h1-4,9,11,17H,5H2/t9-,11?/m0/s1. The summed E-state index contributed by atoms with van der Waals surface area (Å²) in [6, 6.07) is 6.05. The molecule has 0 aliphatic carbocycles. The minimum absolute atomic E-state index is 0.307. The van der Waals surface area contributed by atoms with Crippen LogP contribution in [0.5, 0.6) is 5.75 Å². The van der Waals surface area contributed by atoms with Crippen molar-refractivity contribution in [2.75, 3.05) is 0 Å². The van der Waals surface area contributed by atoms with Crippen molar-refractivity contribution in [3.8, 4) is 5.75 Å². The predicted molar refractivity (Wildman–Crippen MR) is 76.4 cm³/mol. The summed E-state index contributed by atoms with van der Waals surface area (Å²) in [5, 5.41) is 10.1. The molecular weight excluding hydrogens is 355 g/mol. The number of aliphatic hydroxyl groups is 1. The van der Waals surface area contributed by atoms with Gasteiger partial charge >= 0.3 is 0 Å². The summed E-state index contributed by atoms with van der Waals surface area (Å²) in [6.07, 6.45) is -0.533. The molecular formula is C13H9BrClFO2S. The fourth-order valence-electron chi connectivity index (χ4n) is 2.11. The first-order valence-electron chi connectivity index (χ1n) is 5.63. The molecule has 0 bridgehead atoms. The van der Waals surface area contributed by atoms with E-state index in [-0.39, 0.29) is 11.9 Å². The van der Waals surface area contributed by atoms with Crippen LogP contribution in [0.1, 0.15) is 29.1 Å². The maximum absolute atomic E-state index is 13.2. The molecule has 2 aromatic rings. The SMILES string of the molecule is O[C@H]1CC(c2cc(Br)c(Cl)s2)Oc2cc(F)ccc21. The van der Waals surface area contributed by atoms with Crippen LogP contribution in [0.4, 0.5) is 4.39 Å². The van der Waals surface area contributed by atoms with E-state index in [1.54, 1.807) is 6.07 Å². The lowest BCUT2D eigenvalue weighted by molar-refractivity contribution is 0.0670. The smallest absolute Gasteiger partial charge is 0.136 e. The van der Waals surface area contributed by atoms with Crippen LogP contribution in [-0.2, 0) is 0 Å². The Morgan fingerprint density at radius 3 is 2.89 bits per heavy atom. The van der Waals surface area contributed by atoms with Crippen molar-refractivity contribution in [2.24, 2.45) is 0 Å². The van der Waals surface area contributed by atoms with Crippen LogP contribution >= 0.6 is 38.9 Å². The van der Waals surface area contributed by atoms with Gasteiger partial charge in [0.15, 0.2) is 0 Å². The molecule has 2 heterocycles. The Morgan fingerprint density at radius 2 is 2.21 bits per heavy atom. The summed E-state index contributed by atoms with van der Waals surface area (Å²) >= 11 is 10.7. The molecule has 0 saturated carbocycles. The Kier molecular flexibility index (Phi) is 3.55. The molecule has 1 N–H and O–H groups in total. The van der Waals surface area contributed by atoms with Gasteiger partial charge in [-0.3, -0.25) is 0 Å². The van der Waals surface area contributed by atoms with Gasteiger partial charge < -0.3 is 9.84 Å². The summed E-state index contributed by atoms with van der Waals surface area (Å²) in [5.41, 5.74) is 0.624. The Balaban J connectivity index is 1.96. The highest BCUT2D eigenvalue weighted by molar-refractivity contribution is 9.10. The Labute approximate surface area is 126 Å². The van der Waals surface area contributed by atoms with E-state index in [1.165, 1.54) is 23.5 Å². The summed E-state index contributed by atoms with van der Waals surface area (Å²) in [4.78, 5) is 0.908. The molecule has 6 heteroatoms. The van der Waals surface area contributed by atoms with Crippen LogP contribution < -0.4 is 4.74 Å². The Bertz CT molecular complexity index is 612. The maximum Gasteiger partial charge on any atom is 0.136 e. The molecule has 0 fully saturated rings. The molecule has 0 amide bonds. The van der Waals surface area contributed by atoms with Gasteiger partial charge in [0.05, 0.1) is 6.10 Å². The number of hydrogen-bond donors (Lipinski definition) is 1. The average Bonchev–Trinajstić information content (AvgIpc) is 2.69. The van der Waals surface area contributed by atoms with Crippen molar-refractivity contribution in [2.45, 2.75) is 18.6 Å². The van der Waals surface area contributed by atoms with Crippen LogP contribution in [0, 0.1) is 5.82 Å². The molecule has 1 unspecified atom stereocenters. The first-order valence-corrected chi connectivity index (χ1v) is 7.62. The molecule has 1 aromatic carbocycles. The first-order chi connectivity index (χ1) is 9.04. The van der Waals surface area contributed by atoms with E-state index in [9.17, 15) is 9.50 Å². The molecule has 2 atom stereocenters. The van der Waals surface area contributed by atoms with Crippen molar-refractivity contribution >= 4 is 38.9 Å². The van der Waals surface area contributed by atoms with Crippen LogP contribution in [0.3, 0.4) is 0 Å². The zero-order valence-corrected chi connectivity index (χ0v) is 12.7. The number of fused-ring (bicyclic) bond motifs is 1. The van der Waals surface area contributed by atoms with Crippen molar-refractivity contribution in [3.63, 3.8) is 0 Å². The Hall–Kier alpha value is -0.620. The zero-order chi connectivity index (χ0) is 13.6. The third-order valence-electron chi connectivity index (χ3n) is 3.02. The van der Waals surface area contributed by atoms with E-state index in [1.807, 2.05) is 6.07 Å². The number of rotatable bonds is 1. The molecule has 100 valence electrons. The molecule has 1 aliphatic rings. The number of halogens is 3. The average molecular weight is 364 g/mol. The number of ether oxygens (including phenoxy) is 1. The van der Waals surface area contributed by atoms with Crippen molar-refractivity contribution < 1.29 is 14.2 Å². The van der Waals surface area contributed by atoms with E-state index >= 15 is 0 Å². The van der Waals surface area contributed by atoms with Crippen LogP contribution in [0.15, 0.2) is 28.7 Å². The van der Waals surface area contributed by atoms with Gasteiger partial charge in [0.1, 0.15) is 22.0 Å². The molecule has 19 heavy (non-hydrogen) atoms. The van der Waals surface area contributed by atoms with Gasteiger partial charge in [0.2, 0.25) is 0 Å². The quantitative estimate of drug-likeness (QED) is 0.784.